The first kappa shape index (κ1) is 11.6. The van der Waals surface area contributed by atoms with Crippen molar-refractivity contribution >= 4 is 0 Å². The number of nitrogens with one attached hydrogen (secondary N) is 1. The maximum Gasteiger partial charge on any atom is 0.0240 e. The standard InChI is InChI=1S/C12H22N2/c1-4-7-11(5-2)13-12-8-6-9-14(3)10-12/h1,11-13H,5-10H2,2-3H3. The number of nitrogens with zero attached hydrogens (tertiary/aromatic N) is 1. The molecule has 80 valence electrons. The zero-order valence-corrected chi connectivity index (χ0v) is 9.42. The minimum atomic E-state index is 0.511. The molecule has 0 aromatic rings. The van der Waals surface area contributed by atoms with E-state index in [1.165, 1.54) is 25.9 Å². The van der Waals surface area contributed by atoms with Crippen LogP contribution in [0.4, 0.5) is 0 Å². The van der Waals surface area contributed by atoms with E-state index in [2.05, 4.69) is 30.1 Å². The molecule has 1 saturated heterocycles. The smallest absolute Gasteiger partial charge is 0.0240 e. The van der Waals surface area contributed by atoms with Crippen molar-refractivity contribution in [3.05, 3.63) is 0 Å². The molecule has 0 aliphatic carbocycles. The van der Waals surface area contributed by atoms with Gasteiger partial charge in [-0.25, -0.2) is 0 Å². The van der Waals surface area contributed by atoms with Crippen LogP contribution in [0.3, 0.4) is 0 Å². The lowest BCUT2D eigenvalue weighted by molar-refractivity contribution is 0.215. The van der Waals surface area contributed by atoms with Crippen LogP contribution < -0.4 is 5.32 Å². The van der Waals surface area contributed by atoms with Crippen molar-refractivity contribution in [3.63, 3.8) is 0 Å². The molecule has 2 unspecified atom stereocenters. The Morgan fingerprint density at radius 3 is 3.00 bits per heavy atom. The van der Waals surface area contributed by atoms with Gasteiger partial charge in [0.05, 0.1) is 0 Å². The van der Waals surface area contributed by atoms with Crippen molar-refractivity contribution in [1.29, 1.82) is 0 Å². The predicted molar refractivity (Wildman–Crippen MR) is 61.2 cm³/mol. The molecule has 0 bridgehead atoms. The summed E-state index contributed by atoms with van der Waals surface area (Å²) in [4.78, 5) is 2.39. The van der Waals surface area contributed by atoms with Crippen LogP contribution in [-0.2, 0) is 0 Å². The summed E-state index contributed by atoms with van der Waals surface area (Å²) < 4.78 is 0. The average Bonchev–Trinajstić information content (AvgIpc) is 2.17. The summed E-state index contributed by atoms with van der Waals surface area (Å²) in [6.45, 7) is 4.60. The molecule has 2 heteroatoms. The van der Waals surface area contributed by atoms with E-state index in [-0.39, 0.29) is 0 Å². The van der Waals surface area contributed by atoms with E-state index < -0.39 is 0 Å². The predicted octanol–water partition coefficient (Wildman–Crippen LogP) is 1.47. The van der Waals surface area contributed by atoms with E-state index in [0.29, 0.717) is 12.1 Å². The highest BCUT2D eigenvalue weighted by molar-refractivity contribution is 4.91. The number of hydrogen-bond donors (Lipinski definition) is 1. The summed E-state index contributed by atoms with van der Waals surface area (Å²) in [5.74, 6) is 2.74. The second-order valence-corrected chi connectivity index (χ2v) is 4.28. The lowest BCUT2D eigenvalue weighted by Crippen LogP contribution is -2.47. The van der Waals surface area contributed by atoms with Gasteiger partial charge < -0.3 is 10.2 Å². The Morgan fingerprint density at radius 1 is 1.64 bits per heavy atom. The molecular weight excluding hydrogens is 172 g/mol. The minimum Gasteiger partial charge on any atom is -0.309 e. The van der Waals surface area contributed by atoms with Crippen LogP contribution >= 0.6 is 0 Å². The minimum absolute atomic E-state index is 0.511. The van der Waals surface area contributed by atoms with Gasteiger partial charge in [-0.2, -0.15) is 0 Å². The average molecular weight is 194 g/mol. The van der Waals surface area contributed by atoms with Gasteiger partial charge in [0.1, 0.15) is 0 Å². The monoisotopic (exact) mass is 194 g/mol. The SMILES string of the molecule is C#CCC(CC)NC1CCCN(C)C1. The molecular formula is C12H22N2. The fraction of sp³-hybridized carbons (Fsp3) is 0.833. The van der Waals surface area contributed by atoms with Crippen molar-refractivity contribution in [1.82, 2.24) is 10.2 Å². The zero-order chi connectivity index (χ0) is 10.4. The molecule has 1 aliphatic rings. The molecule has 1 rings (SSSR count). The van der Waals surface area contributed by atoms with Crippen molar-refractivity contribution in [3.8, 4) is 12.3 Å². The highest BCUT2D eigenvalue weighted by Gasteiger charge is 2.18. The van der Waals surface area contributed by atoms with Gasteiger partial charge in [-0.05, 0) is 32.9 Å². The number of hydrogen-bond acceptors (Lipinski definition) is 2. The molecule has 2 nitrogen and oxygen atoms in total. The van der Waals surface area contributed by atoms with Crippen molar-refractivity contribution < 1.29 is 0 Å². The number of rotatable bonds is 4. The normalized spacial score (nSPS) is 25.6. The van der Waals surface area contributed by atoms with E-state index in [1.807, 2.05) is 0 Å². The number of piperidine rings is 1. The van der Waals surface area contributed by atoms with Crippen LogP contribution in [0.5, 0.6) is 0 Å². The van der Waals surface area contributed by atoms with Crippen LogP contribution in [0.25, 0.3) is 0 Å². The molecule has 0 saturated carbocycles. The van der Waals surface area contributed by atoms with Gasteiger partial charge in [-0.15, -0.1) is 12.3 Å². The van der Waals surface area contributed by atoms with Gasteiger partial charge in [-0.3, -0.25) is 0 Å². The van der Waals surface area contributed by atoms with Crippen molar-refractivity contribution in [2.24, 2.45) is 0 Å². The third kappa shape index (κ3) is 3.69. The summed E-state index contributed by atoms with van der Waals surface area (Å²) in [6.07, 6.45) is 9.93. The van der Waals surface area contributed by atoms with E-state index in [0.717, 1.165) is 12.8 Å². The molecule has 1 aliphatic heterocycles. The van der Waals surface area contributed by atoms with Crippen molar-refractivity contribution in [2.45, 2.75) is 44.7 Å². The molecule has 1 N–H and O–H groups in total. The van der Waals surface area contributed by atoms with Gasteiger partial charge in [0.25, 0.3) is 0 Å². The fourth-order valence-corrected chi connectivity index (χ4v) is 2.10. The summed E-state index contributed by atoms with van der Waals surface area (Å²) in [7, 11) is 2.19. The fourth-order valence-electron chi connectivity index (χ4n) is 2.10. The highest BCUT2D eigenvalue weighted by Crippen LogP contribution is 2.10. The maximum absolute atomic E-state index is 5.34. The van der Waals surface area contributed by atoms with Crippen LogP contribution in [0.2, 0.25) is 0 Å². The Hall–Kier alpha value is -0.520. The Bertz CT molecular complexity index is 195. The molecule has 0 aromatic heterocycles. The van der Waals surface area contributed by atoms with E-state index in [4.69, 9.17) is 6.42 Å². The lowest BCUT2D eigenvalue weighted by atomic mass is 10.0. The van der Waals surface area contributed by atoms with E-state index in [9.17, 15) is 0 Å². The van der Waals surface area contributed by atoms with Crippen LogP contribution in [0.15, 0.2) is 0 Å². The van der Waals surface area contributed by atoms with Gasteiger partial charge in [0.2, 0.25) is 0 Å². The summed E-state index contributed by atoms with van der Waals surface area (Å²) in [5, 5.41) is 3.65. The van der Waals surface area contributed by atoms with Crippen molar-refractivity contribution in [2.75, 3.05) is 20.1 Å². The zero-order valence-electron chi connectivity index (χ0n) is 9.42. The van der Waals surface area contributed by atoms with Gasteiger partial charge >= 0.3 is 0 Å². The van der Waals surface area contributed by atoms with Crippen LogP contribution in [0.1, 0.15) is 32.6 Å². The quantitative estimate of drug-likeness (QED) is 0.682. The van der Waals surface area contributed by atoms with Gasteiger partial charge in [0, 0.05) is 25.0 Å². The topological polar surface area (TPSA) is 15.3 Å². The van der Waals surface area contributed by atoms with Gasteiger partial charge in [0.15, 0.2) is 0 Å². The first-order valence-corrected chi connectivity index (χ1v) is 5.64. The second-order valence-electron chi connectivity index (χ2n) is 4.28. The molecule has 0 amide bonds. The third-order valence-corrected chi connectivity index (χ3v) is 2.95. The molecule has 0 radical (unpaired) electrons. The van der Waals surface area contributed by atoms with Crippen LogP contribution in [0, 0.1) is 12.3 Å². The van der Waals surface area contributed by atoms with Gasteiger partial charge in [-0.1, -0.05) is 6.92 Å². The largest absolute Gasteiger partial charge is 0.309 e. The number of likely N-dealkylation sites (N-methyl/N-ethyl adjacent to an activating group) is 1. The first-order valence-electron chi connectivity index (χ1n) is 5.64. The number of likely N-dealkylation sites (tertiary alicyclic amines) is 1. The summed E-state index contributed by atoms with van der Waals surface area (Å²) in [5.41, 5.74) is 0. The molecule has 0 aromatic carbocycles. The molecule has 2 atom stereocenters. The third-order valence-electron chi connectivity index (χ3n) is 2.95. The Labute approximate surface area is 88.1 Å². The summed E-state index contributed by atoms with van der Waals surface area (Å²) >= 11 is 0. The van der Waals surface area contributed by atoms with E-state index in [1.54, 1.807) is 0 Å². The second kappa shape index (κ2) is 6.06. The number of terminal acetylenes is 1. The molecule has 1 heterocycles. The maximum atomic E-state index is 5.34. The first-order chi connectivity index (χ1) is 6.76. The summed E-state index contributed by atoms with van der Waals surface area (Å²) in [6, 6.07) is 1.16. The Balaban J connectivity index is 2.30. The molecule has 0 spiro atoms. The Kier molecular flexibility index (Phi) is 5.00. The molecule has 1 fully saturated rings. The highest BCUT2D eigenvalue weighted by atomic mass is 15.1. The Morgan fingerprint density at radius 2 is 2.43 bits per heavy atom. The lowest BCUT2D eigenvalue weighted by Gasteiger charge is -2.32. The van der Waals surface area contributed by atoms with E-state index >= 15 is 0 Å². The molecule has 14 heavy (non-hydrogen) atoms. The van der Waals surface area contributed by atoms with Crippen LogP contribution in [-0.4, -0.2) is 37.1 Å².